The molecule has 35 heavy (non-hydrogen) atoms. The smallest absolute Gasteiger partial charge is 0.389 e. The Hall–Kier alpha value is -2.51. The predicted octanol–water partition coefficient (Wildman–Crippen LogP) is 3.68. The van der Waals surface area contributed by atoms with Crippen LogP contribution in [0, 0.1) is 11.7 Å². The molecule has 2 aromatic heterocycles. The number of rotatable bonds is 7. The van der Waals surface area contributed by atoms with Gasteiger partial charge in [0.1, 0.15) is 11.9 Å². The van der Waals surface area contributed by atoms with Gasteiger partial charge in [-0.05, 0) is 36.5 Å². The monoisotopic (exact) mass is 512 g/mol. The summed E-state index contributed by atoms with van der Waals surface area (Å²) >= 11 is 0.874. The highest BCUT2D eigenvalue weighted by Gasteiger charge is 2.42. The summed E-state index contributed by atoms with van der Waals surface area (Å²) < 4.78 is 52.7. The van der Waals surface area contributed by atoms with E-state index in [1.165, 1.54) is 16.8 Å². The second kappa shape index (κ2) is 9.17. The van der Waals surface area contributed by atoms with Gasteiger partial charge in [-0.1, -0.05) is 36.0 Å². The highest BCUT2D eigenvalue weighted by atomic mass is 32.2. The van der Waals surface area contributed by atoms with Crippen molar-refractivity contribution in [2.24, 2.45) is 5.92 Å². The number of aliphatic hydroxyl groups is 2. The number of aliphatic hydroxyl groups excluding tert-OH is 2. The SMILES string of the molecule is C[C@H]1C[C@@H](n2nnc3c(NC4CC4c4ccc(F)cc4)nc(SCCC(F)(F)F)nc32)[C@H](O)[C@@H]1O. The van der Waals surface area contributed by atoms with E-state index in [4.69, 9.17) is 0 Å². The van der Waals surface area contributed by atoms with E-state index in [1.54, 1.807) is 12.1 Å². The van der Waals surface area contributed by atoms with Crippen molar-refractivity contribution < 1.29 is 27.8 Å². The molecule has 0 radical (unpaired) electrons. The summed E-state index contributed by atoms with van der Waals surface area (Å²) in [5, 5.41) is 32.5. The quantitative estimate of drug-likeness (QED) is 0.250. The van der Waals surface area contributed by atoms with E-state index in [0.29, 0.717) is 17.8 Å². The molecule has 188 valence electrons. The largest absolute Gasteiger partial charge is 0.390 e. The molecule has 2 aliphatic carbocycles. The predicted molar refractivity (Wildman–Crippen MR) is 121 cm³/mol. The normalized spacial score (nSPS) is 28.5. The second-order valence-corrected chi connectivity index (χ2v) is 10.2. The molecule has 1 aromatic carbocycles. The van der Waals surface area contributed by atoms with Crippen LogP contribution in [0.3, 0.4) is 0 Å². The van der Waals surface area contributed by atoms with Gasteiger partial charge in [-0.2, -0.15) is 13.2 Å². The van der Waals surface area contributed by atoms with Gasteiger partial charge in [0.15, 0.2) is 22.1 Å². The van der Waals surface area contributed by atoms with Crippen LogP contribution >= 0.6 is 11.8 Å². The zero-order valence-corrected chi connectivity index (χ0v) is 19.5. The van der Waals surface area contributed by atoms with Crippen LogP contribution in [-0.4, -0.2) is 65.4 Å². The van der Waals surface area contributed by atoms with E-state index in [0.717, 1.165) is 23.7 Å². The summed E-state index contributed by atoms with van der Waals surface area (Å²) in [4.78, 5) is 8.82. The first-order chi connectivity index (χ1) is 16.6. The topological polar surface area (TPSA) is 109 Å². The van der Waals surface area contributed by atoms with Crippen molar-refractivity contribution in [1.82, 2.24) is 25.0 Å². The summed E-state index contributed by atoms with van der Waals surface area (Å²) in [6.45, 7) is 1.82. The molecule has 5 rings (SSSR count). The molecule has 2 heterocycles. The van der Waals surface area contributed by atoms with Crippen molar-refractivity contribution in [3.05, 3.63) is 35.6 Å². The van der Waals surface area contributed by atoms with E-state index in [2.05, 4.69) is 25.6 Å². The molecule has 8 nitrogen and oxygen atoms in total. The number of benzene rings is 1. The number of anilines is 1. The maximum absolute atomic E-state index is 13.3. The maximum atomic E-state index is 13.3. The highest BCUT2D eigenvalue weighted by molar-refractivity contribution is 7.99. The van der Waals surface area contributed by atoms with Crippen molar-refractivity contribution in [3.63, 3.8) is 0 Å². The number of hydrogen-bond acceptors (Lipinski definition) is 8. The summed E-state index contributed by atoms with van der Waals surface area (Å²) in [6, 6.07) is 5.65. The van der Waals surface area contributed by atoms with Gasteiger partial charge < -0.3 is 15.5 Å². The third-order valence-corrected chi connectivity index (χ3v) is 7.43. The fourth-order valence-corrected chi connectivity index (χ4v) is 5.36. The van der Waals surface area contributed by atoms with E-state index in [-0.39, 0.29) is 40.3 Å². The molecule has 0 aliphatic heterocycles. The summed E-state index contributed by atoms with van der Waals surface area (Å²) in [5.41, 5.74) is 1.58. The third kappa shape index (κ3) is 5.07. The van der Waals surface area contributed by atoms with Crippen LogP contribution in [0.1, 0.15) is 43.7 Å². The molecule has 2 saturated carbocycles. The molecule has 13 heteroatoms. The molecular formula is C22H24F4N6O2S. The van der Waals surface area contributed by atoms with Gasteiger partial charge in [-0.15, -0.1) is 5.10 Å². The van der Waals surface area contributed by atoms with E-state index in [1.807, 2.05) is 6.92 Å². The van der Waals surface area contributed by atoms with Crippen molar-refractivity contribution in [1.29, 1.82) is 0 Å². The molecule has 0 amide bonds. The van der Waals surface area contributed by atoms with Gasteiger partial charge in [0, 0.05) is 17.7 Å². The van der Waals surface area contributed by atoms with Crippen LogP contribution in [0.5, 0.6) is 0 Å². The minimum Gasteiger partial charge on any atom is -0.390 e. The number of hydrogen-bond donors (Lipinski definition) is 3. The Morgan fingerprint density at radius 2 is 1.86 bits per heavy atom. The third-order valence-electron chi connectivity index (χ3n) is 6.59. The lowest BCUT2D eigenvalue weighted by Gasteiger charge is -2.17. The summed E-state index contributed by atoms with van der Waals surface area (Å²) in [5.74, 6) is -0.269. The highest BCUT2D eigenvalue weighted by Crippen LogP contribution is 2.44. The van der Waals surface area contributed by atoms with Gasteiger partial charge in [0.2, 0.25) is 0 Å². The van der Waals surface area contributed by atoms with Crippen molar-refractivity contribution in [2.75, 3.05) is 11.1 Å². The number of fused-ring (bicyclic) bond motifs is 1. The van der Waals surface area contributed by atoms with Crippen molar-refractivity contribution in [3.8, 4) is 0 Å². The molecule has 2 fully saturated rings. The zero-order chi connectivity index (χ0) is 24.9. The van der Waals surface area contributed by atoms with Gasteiger partial charge in [0.25, 0.3) is 0 Å². The molecule has 6 atom stereocenters. The Morgan fingerprint density at radius 1 is 1.11 bits per heavy atom. The Labute approximate surface area is 202 Å². The van der Waals surface area contributed by atoms with Gasteiger partial charge in [-0.3, -0.25) is 0 Å². The summed E-state index contributed by atoms with van der Waals surface area (Å²) in [6.07, 6.45) is -6.07. The Morgan fingerprint density at radius 3 is 2.51 bits per heavy atom. The average Bonchev–Trinajstić information content (AvgIpc) is 3.35. The molecule has 3 aromatic rings. The van der Waals surface area contributed by atoms with Crippen LogP contribution in [0.15, 0.2) is 29.4 Å². The second-order valence-electron chi connectivity index (χ2n) is 9.18. The maximum Gasteiger partial charge on any atom is 0.389 e. The number of halogens is 4. The first-order valence-corrected chi connectivity index (χ1v) is 12.3. The standard InChI is InChI=1S/C22H24F4N6O2S/c1-10-8-15(18(34)17(10)33)32-20-16(30-31-32)19(28-21(29-20)35-7-6-22(24,25)26)27-14-9-13(14)11-2-4-12(23)5-3-11/h2-5,10,13-15,17-18,33-34H,6-9H2,1H3,(H,27,28,29)/t10-,13?,14?,15+,17+,18-/m0/s1. The number of alkyl halides is 3. The molecule has 0 saturated heterocycles. The lowest BCUT2D eigenvalue weighted by atomic mass is 10.1. The van der Waals surface area contributed by atoms with E-state index in [9.17, 15) is 27.8 Å². The first kappa shape index (κ1) is 24.2. The number of aromatic nitrogens is 5. The lowest BCUT2D eigenvalue weighted by Crippen LogP contribution is -2.29. The number of nitrogens with zero attached hydrogens (tertiary/aromatic N) is 5. The van der Waals surface area contributed by atoms with Crippen molar-refractivity contribution in [2.45, 2.75) is 67.7 Å². The Balaban J connectivity index is 1.44. The Kier molecular flexibility index (Phi) is 6.34. The first-order valence-electron chi connectivity index (χ1n) is 11.3. The van der Waals surface area contributed by atoms with Crippen LogP contribution in [0.4, 0.5) is 23.4 Å². The van der Waals surface area contributed by atoms with Gasteiger partial charge >= 0.3 is 6.18 Å². The summed E-state index contributed by atoms with van der Waals surface area (Å²) in [7, 11) is 0. The zero-order valence-electron chi connectivity index (χ0n) is 18.7. The Bertz CT molecular complexity index is 1210. The van der Waals surface area contributed by atoms with Crippen LogP contribution < -0.4 is 5.32 Å². The van der Waals surface area contributed by atoms with E-state index >= 15 is 0 Å². The average molecular weight is 513 g/mol. The number of nitrogens with one attached hydrogen (secondary N) is 1. The van der Waals surface area contributed by atoms with Crippen LogP contribution in [-0.2, 0) is 0 Å². The van der Waals surface area contributed by atoms with Crippen molar-refractivity contribution >= 4 is 28.7 Å². The molecular weight excluding hydrogens is 488 g/mol. The van der Waals surface area contributed by atoms with Crippen LogP contribution in [0.25, 0.3) is 11.2 Å². The molecule has 2 aliphatic rings. The van der Waals surface area contributed by atoms with Crippen LogP contribution in [0.2, 0.25) is 0 Å². The molecule has 0 spiro atoms. The molecule has 2 unspecified atom stereocenters. The minimum atomic E-state index is -4.29. The fourth-order valence-electron chi connectivity index (χ4n) is 4.53. The molecule has 3 N–H and O–H groups in total. The van der Waals surface area contributed by atoms with Gasteiger partial charge in [-0.25, -0.2) is 19.0 Å². The van der Waals surface area contributed by atoms with Gasteiger partial charge in [0.05, 0.1) is 18.6 Å². The minimum absolute atomic E-state index is 0.0179. The van der Waals surface area contributed by atoms with E-state index < -0.39 is 30.8 Å². The molecule has 0 bridgehead atoms. The lowest BCUT2D eigenvalue weighted by molar-refractivity contribution is -0.129. The fraction of sp³-hybridized carbons (Fsp3) is 0.545. The number of thioether (sulfide) groups is 1.